The maximum atomic E-state index is 11.9. The quantitative estimate of drug-likeness (QED) is 0.772. The molecule has 0 aliphatic rings. The summed E-state index contributed by atoms with van der Waals surface area (Å²) in [4.78, 5) is 11.9. The molecule has 124 valence electrons. The van der Waals surface area contributed by atoms with E-state index in [4.69, 9.17) is 5.73 Å². The summed E-state index contributed by atoms with van der Waals surface area (Å²) in [6.45, 7) is 7.07. The molecule has 5 nitrogen and oxygen atoms in total. The second-order valence-electron chi connectivity index (χ2n) is 6.22. The second-order valence-corrected chi connectivity index (χ2v) is 6.22. The largest absolute Gasteiger partial charge is 0.384 e. The van der Waals surface area contributed by atoms with Gasteiger partial charge in [0.25, 0.3) is 0 Å². The number of nitrogens with one attached hydrogen (secondary N) is 1. The number of nitrogens with zero attached hydrogens (tertiary/aromatic N) is 2. The van der Waals surface area contributed by atoms with Crippen LogP contribution in [0.2, 0.25) is 0 Å². The molecule has 0 bridgehead atoms. The number of rotatable bonds is 7. The number of carbonyl (C=O) groups is 1. The van der Waals surface area contributed by atoms with Crippen molar-refractivity contribution >= 4 is 11.7 Å². The third kappa shape index (κ3) is 5.13. The molecule has 0 saturated carbocycles. The zero-order valence-corrected chi connectivity index (χ0v) is 14.2. The van der Waals surface area contributed by atoms with Gasteiger partial charge in [0.05, 0.1) is 5.69 Å². The number of nitrogen functional groups attached to an aromatic ring is 1. The van der Waals surface area contributed by atoms with Crippen molar-refractivity contribution in [2.24, 2.45) is 0 Å². The van der Waals surface area contributed by atoms with Crippen molar-refractivity contribution < 1.29 is 4.79 Å². The van der Waals surface area contributed by atoms with Crippen LogP contribution in [-0.2, 0) is 17.8 Å². The van der Waals surface area contributed by atoms with Gasteiger partial charge in [-0.2, -0.15) is 5.10 Å². The lowest BCUT2D eigenvalue weighted by atomic mass is 10.0. The average Bonchev–Trinajstić information content (AvgIpc) is 2.82. The molecule has 3 N–H and O–H groups in total. The van der Waals surface area contributed by atoms with Gasteiger partial charge in [-0.25, -0.2) is 4.68 Å². The molecule has 23 heavy (non-hydrogen) atoms. The smallest absolute Gasteiger partial charge is 0.241 e. The number of carbonyl (C=O) groups excluding carboxylic acids is 1. The van der Waals surface area contributed by atoms with Gasteiger partial charge in [0, 0.05) is 12.6 Å². The van der Waals surface area contributed by atoms with Crippen molar-refractivity contribution in [1.82, 2.24) is 15.1 Å². The number of hydrogen-bond acceptors (Lipinski definition) is 3. The van der Waals surface area contributed by atoms with Gasteiger partial charge < -0.3 is 11.1 Å². The second kappa shape index (κ2) is 7.81. The minimum atomic E-state index is -0.0602. The van der Waals surface area contributed by atoms with Crippen LogP contribution in [0, 0.1) is 6.92 Å². The van der Waals surface area contributed by atoms with E-state index in [2.05, 4.69) is 48.5 Å². The third-order valence-corrected chi connectivity index (χ3v) is 3.84. The fourth-order valence-electron chi connectivity index (χ4n) is 2.47. The standard InChI is InChI=1S/C18H26N4O/c1-13(2)16-8-6-15(7-9-16)5-4-10-20-18(23)12-22-17(19)11-14(3)21-22/h6-9,11,13H,4-5,10,12,19H2,1-3H3,(H,20,23). The molecule has 1 heterocycles. The Labute approximate surface area is 137 Å². The summed E-state index contributed by atoms with van der Waals surface area (Å²) < 4.78 is 1.52. The van der Waals surface area contributed by atoms with Crippen LogP contribution in [0.15, 0.2) is 30.3 Å². The van der Waals surface area contributed by atoms with Gasteiger partial charge in [-0.15, -0.1) is 0 Å². The monoisotopic (exact) mass is 314 g/mol. The molecule has 0 fully saturated rings. The van der Waals surface area contributed by atoms with E-state index in [0.717, 1.165) is 18.5 Å². The summed E-state index contributed by atoms with van der Waals surface area (Å²) in [5.41, 5.74) is 9.25. The maximum Gasteiger partial charge on any atom is 0.241 e. The van der Waals surface area contributed by atoms with Crippen molar-refractivity contribution in [3.8, 4) is 0 Å². The summed E-state index contributed by atoms with van der Waals surface area (Å²) in [5, 5.41) is 7.09. The lowest BCUT2D eigenvalue weighted by Crippen LogP contribution is -2.29. The van der Waals surface area contributed by atoms with Crippen LogP contribution in [0.25, 0.3) is 0 Å². The molecular formula is C18H26N4O. The molecule has 2 rings (SSSR count). The zero-order valence-electron chi connectivity index (χ0n) is 14.2. The van der Waals surface area contributed by atoms with E-state index in [1.54, 1.807) is 6.07 Å². The summed E-state index contributed by atoms with van der Waals surface area (Å²) in [6, 6.07) is 10.5. The normalized spacial score (nSPS) is 11.0. The van der Waals surface area contributed by atoms with Crippen molar-refractivity contribution in [1.29, 1.82) is 0 Å². The first-order valence-electron chi connectivity index (χ1n) is 8.11. The molecule has 0 aliphatic heterocycles. The highest BCUT2D eigenvalue weighted by molar-refractivity contribution is 5.76. The molecule has 2 aromatic rings. The molecule has 1 amide bonds. The Morgan fingerprint density at radius 2 is 2.00 bits per heavy atom. The Morgan fingerprint density at radius 3 is 2.57 bits per heavy atom. The van der Waals surface area contributed by atoms with Gasteiger partial charge in [0.15, 0.2) is 0 Å². The number of hydrogen-bond donors (Lipinski definition) is 2. The number of aryl methyl sites for hydroxylation is 2. The molecular weight excluding hydrogens is 288 g/mol. The highest BCUT2D eigenvalue weighted by Gasteiger charge is 2.07. The summed E-state index contributed by atoms with van der Waals surface area (Å²) in [5.74, 6) is 1.01. The van der Waals surface area contributed by atoms with Crippen molar-refractivity contribution in [2.45, 2.75) is 46.1 Å². The summed E-state index contributed by atoms with van der Waals surface area (Å²) >= 11 is 0. The Balaban J connectivity index is 1.70. The predicted molar refractivity (Wildman–Crippen MR) is 93.2 cm³/mol. The number of aromatic nitrogens is 2. The first-order valence-corrected chi connectivity index (χ1v) is 8.11. The van der Waals surface area contributed by atoms with Gasteiger partial charge in [-0.3, -0.25) is 4.79 Å². The minimum absolute atomic E-state index is 0.0602. The van der Waals surface area contributed by atoms with Crippen molar-refractivity contribution in [2.75, 3.05) is 12.3 Å². The minimum Gasteiger partial charge on any atom is -0.384 e. The average molecular weight is 314 g/mol. The highest BCUT2D eigenvalue weighted by Crippen LogP contribution is 2.15. The van der Waals surface area contributed by atoms with Crippen LogP contribution in [-0.4, -0.2) is 22.2 Å². The van der Waals surface area contributed by atoms with E-state index in [-0.39, 0.29) is 12.5 Å². The van der Waals surface area contributed by atoms with E-state index in [0.29, 0.717) is 18.3 Å². The van der Waals surface area contributed by atoms with Gasteiger partial charge in [0.1, 0.15) is 12.4 Å². The summed E-state index contributed by atoms with van der Waals surface area (Å²) in [7, 11) is 0. The fourth-order valence-corrected chi connectivity index (χ4v) is 2.47. The highest BCUT2D eigenvalue weighted by atomic mass is 16.2. The maximum absolute atomic E-state index is 11.9. The Morgan fingerprint density at radius 1 is 1.30 bits per heavy atom. The Hall–Kier alpha value is -2.30. The van der Waals surface area contributed by atoms with Crippen LogP contribution in [0.5, 0.6) is 0 Å². The summed E-state index contributed by atoms with van der Waals surface area (Å²) in [6.07, 6.45) is 1.88. The lowest BCUT2D eigenvalue weighted by Gasteiger charge is -2.08. The van der Waals surface area contributed by atoms with E-state index in [9.17, 15) is 4.79 Å². The Bertz CT molecular complexity index is 644. The lowest BCUT2D eigenvalue weighted by molar-refractivity contribution is -0.121. The van der Waals surface area contributed by atoms with Gasteiger partial charge >= 0.3 is 0 Å². The van der Waals surface area contributed by atoms with E-state index in [1.807, 2.05) is 6.92 Å². The SMILES string of the molecule is Cc1cc(N)n(CC(=O)NCCCc2ccc(C(C)C)cc2)n1. The first-order chi connectivity index (χ1) is 11.0. The number of benzene rings is 1. The van der Waals surface area contributed by atoms with Crippen LogP contribution < -0.4 is 11.1 Å². The number of nitrogens with two attached hydrogens (primary N) is 1. The number of anilines is 1. The van der Waals surface area contributed by atoms with E-state index in [1.165, 1.54) is 15.8 Å². The van der Waals surface area contributed by atoms with Crippen molar-refractivity contribution in [3.63, 3.8) is 0 Å². The van der Waals surface area contributed by atoms with Gasteiger partial charge in [-0.05, 0) is 36.8 Å². The number of amides is 1. The molecule has 0 spiro atoms. The fraction of sp³-hybridized carbons (Fsp3) is 0.444. The molecule has 1 aromatic heterocycles. The topological polar surface area (TPSA) is 72.9 Å². The Kier molecular flexibility index (Phi) is 5.79. The van der Waals surface area contributed by atoms with Crippen LogP contribution in [0.3, 0.4) is 0 Å². The van der Waals surface area contributed by atoms with Crippen LogP contribution in [0.4, 0.5) is 5.82 Å². The van der Waals surface area contributed by atoms with Gasteiger partial charge in [0.2, 0.25) is 5.91 Å². The zero-order chi connectivity index (χ0) is 16.8. The van der Waals surface area contributed by atoms with Gasteiger partial charge in [-0.1, -0.05) is 38.1 Å². The molecule has 0 saturated heterocycles. The van der Waals surface area contributed by atoms with Crippen molar-refractivity contribution in [3.05, 3.63) is 47.2 Å². The van der Waals surface area contributed by atoms with E-state index < -0.39 is 0 Å². The molecule has 5 heteroatoms. The first kappa shape index (κ1) is 17.1. The van der Waals surface area contributed by atoms with E-state index >= 15 is 0 Å². The molecule has 0 aliphatic carbocycles. The third-order valence-electron chi connectivity index (χ3n) is 3.84. The predicted octanol–water partition coefficient (Wildman–Crippen LogP) is 2.65. The molecule has 0 radical (unpaired) electrons. The molecule has 0 unspecified atom stereocenters. The van der Waals surface area contributed by atoms with Crippen LogP contribution in [0.1, 0.15) is 43.0 Å². The van der Waals surface area contributed by atoms with Crippen LogP contribution >= 0.6 is 0 Å². The molecule has 0 atom stereocenters. The molecule has 1 aromatic carbocycles.